The van der Waals surface area contributed by atoms with Crippen LogP contribution in [-0.2, 0) is 27.8 Å². The maximum Gasteiger partial charge on any atom is 0.263 e. The summed E-state index contributed by atoms with van der Waals surface area (Å²) >= 11 is 2.37. The van der Waals surface area contributed by atoms with E-state index in [2.05, 4.69) is 48.0 Å². The molecule has 0 aliphatic carbocycles. The highest BCUT2D eigenvalue weighted by atomic mass is 32.2. The molecule has 0 saturated heterocycles. The summed E-state index contributed by atoms with van der Waals surface area (Å²) in [6, 6.07) is 24.2. The van der Waals surface area contributed by atoms with Gasteiger partial charge in [-0.2, -0.15) is 0 Å². The third kappa shape index (κ3) is 6.06. The molecule has 3 heterocycles. The minimum atomic E-state index is -3.77. The van der Waals surface area contributed by atoms with Crippen LogP contribution in [0.25, 0.3) is 22.1 Å². The van der Waals surface area contributed by atoms with Crippen LogP contribution < -0.4 is 10.0 Å². The Hall–Kier alpha value is -4.33. The van der Waals surface area contributed by atoms with Crippen molar-refractivity contribution < 1.29 is 13.2 Å². The van der Waals surface area contributed by atoms with Gasteiger partial charge in [0.05, 0.1) is 16.2 Å². The fourth-order valence-electron chi connectivity index (χ4n) is 4.35. The van der Waals surface area contributed by atoms with Crippen molar-refractivity contribution in [1.82, 2.24) is 24.7 Å². The van der Waals surface area contributed by atoms with E-state index in [1.807, 2.05) is 36.4 Å². The number of fused-ring (bicyclic) bond motifs is 3. The Labute approximate surface area is 243 Å². The number of hydrogen-bond donors (Lipinski definition) is 2. The Morgan fingerprint density at radius 2 is 1.73 bits per heavy atom. The molecule has 1 amide bonds. The molecule has 0 aliphatic rings. The lowest BCUT2D eigenvalue weighted by atomic mass is 10.1. The summed E-state index contributed by atoms with van der Waals surface area (Å²) in [5, 5.41) is 14.8. The maximum atomic E-state index is 12.7. The number of aryl methyl sites for hydroxylation is 2. The molecular formula is C28H23N7O3S3. The van der Waals surface area contributed by atoms with Gasteiger partial charge < -0.3 is 9.88 Å². The van der Waals surface area contributed by atoms with Crippen LogP contribution in [-0.4, -0.2) is 44.8 Å². The van der Waals surface area contributed by atoms with Gasteiger partial charge >= 0.3 is 0 Å². The first-order chi connectivity index (χ1) is 20.0. The minimum Gasteiger partial charge on any atom is -0.325 e. The van der Waals surface area contributed by atoms with Gasteiger partial charge in [0.2, 0.25) is 11.1 Å². The Balaban J connectivity index is 1.13. The third-order valence-electron chi connectivity index (χ3n) is 6.26. The number of thiazole rings is 1. The Bertz CT molecular complexity index is 1930. The second kappa shape index (κ2) is 11.6. The number of nitrogens with one attached hydrogen (secondary N) is 2. The molecule has 3 aromatic carbocycles. The molecule has 2 N–H and O–H groups in total. The van der Waals surface area contributed by atoms with Crippen LogP contribution in [0.2, 0.25) is 0 Å². The average molecular weight is 602 g/mol. The highest BCUT2D eigenvalue weighted by Gasteiger charge is 2.17. The molecule has 6 rings (SSSR count). The molecule has 206 valence electrons. The zero-order chi connectivity index (χ0) is 28.2. The normalized spacial score (nSPS) is 11.6. The zero-order valence-electron chi connectivity index (χ0n) is 21.5. The number of anilines is 2. The second-order valence-corrected chi connectivity index (χ2v) is 12.5. The quantitative estimate of drug-likeness (QED) is 0.205. The van der Waals surface area contributed by atoms with E-state index in [-0.39, 0.29) is 21.7 Å². The lowest BCUT2D eigenvalue weighted by molar-refractivity contribution is -0.113. The van der Waals surface area contributed by atoms with E-state index in [1.165, 1.54) is 59.1 Å². The van der Waals surface area contributed by atoms with E-state index >= 15 is 0 Å². The molecule has 13 heteroatoms. The second-order valence-electron chi connectivity index (χ2n) is 8.97. The first-order valence-corrected chi connectivity index (χ1v) is 15.9. The average Bonchev–Trinajstić information content (AvgIpc) is 3.61. The number of nitrogens with zero attached hydrogens (tertiary/aromatic N) is 5. The van der Waals surface area contributed by atoms with Gasteiger partial charge in [-0.25, -0.2) is 18.4 Å². The van der Waals surface area contributed by atoms with Crippen LogP contribution in [0.5, 0.6) is 0 Å². The van der Waals surface area contributed by atoms with Crippen LogP contribution in [0, 0.1) is 0 Å². The molecule has 0 fully saturated rings. The number of amides is 1. The van der Waals surface area contributed by atoms with Gasteiger partial charge in [0.25, 0.3) is 10.0 Å². The molecule has 0 atom stereocenters. The summed E-state index contributed by atoms with van der Waals surface area (Å²) in [6.07, 6.45) is 2.36. The molecule has 0 aliphatic heterocycles. The number of aromatic nitrogens is 5. The number of thioether (sulfide) groups is 1. The van der Waals surface area contributed by atoms with Crippen molar-refractivity contribution in [2.45, 2.75) is 23.0 Å². The Kier molecular flexibility index (Phi) is 7.63. The molecule has 0 unspecified atom stereocenters. The molecule has 0 radical (unpaired) electrons. The number of rotatable bonds is 10. The standard InChI is InChI=1S/C28H23N7O3S3/c36-24(30-20-10-12-21(13-11-20)41(37,38)34-27-29-15-17-39-27)18-40-28-31-26-25(32-33-28)22-8-4-5-9-23(22)35(26)16-14-19-6-2-1-3-7-19/h1-13,15,17H,14,16,18H2,(H,29,34)(H,30,36). The lowest BCUT2D eigenvalue weighted by Crippen LogP contribution is -2.15. The summed E-state index contributed by atoms with van der Waals surface area (Å²) in [7, 11) is -3.77. The molecule has 6 aromatic rings. The highest BCUT2D eigenvalue weighted by molar-refractivity contribution is 7.99. The Morgan fingerprint density at radius 1 is 0.951 bits per heavy atom. The topological polar surface area (TPSA) is 132 Å². The van der Waals surface area contributed by atoms with Crippen LogP contribution >= 0.6 is 23.1 Å². The molecule has 41 heavy (non-hydrogen) atoms. The fourth-order valence-corrected chi connectivity index (χ4v) is 6.73. The molecule has 3 aromatic heterocycles. The summed E-state index contributed by atoms with van der Waals surface area (Å²) in [6.45, 7) is 0.725. The zero-order valence-corrected chi connectivity index (χ0v) is 23.9. The maximum absolute atomic E-state index is 12.7. The van der Waals surface area contributed by atoms with Crippen LogP contribution in [0.15, 0.2) is 100 Å². The number of para-hydroxylation sites is 1. The van der Waals surface area contributed by atoms with E-state index in [1.54, 1.807) is 5.38 Å². The largest absolute Gasteiger partial charge is 0.325 e. The monoisotopic (exact) mass is 601 g/mol. The fraction of sp³-hybridized carbons (Fsp3) is 0.107. The van der Waals surface area contributed by atoms with Crippen molar-refractivity contribution in [2.24, 2.45) is 0 Å². The van der Waals surface area contributed by atoms with Gasteiger partial charge in [0.1, 0.15) is 5.52 Å². The van der Waals surface area contributed by atoms with Gasteiger partial charge in [-0.15, -0.1) is 21.5 Å². The number of carbonyl (C=O) groups is 1. The number of carbonyl (C=O) groups excluding carboxylic acids is 1. The predicted octanol–water partition coefficient (Wildman–Crippen LogP) is 5.21. The first kappa shape index (κ1) is 26.9. The number of hydrogen-bond acceptors (Lipinski definition) is 9. The van der Waals surface area contributed by atoms with Gasteiger partial charge in [0.15, 0.2) is 10.8 Å². The number of sulfonamides is 1. The van der Waals surface area contributed by atoms with Crippen molar-refractivity contribution in [3.05, 3.63) is 96.0 Å². The van der Waals surface area contributed by atoms with Crippen LogP contribution in [0.1, 0.15) is 5.56 Å². The van der Waals surface area contributed by atoms with Crippen molar-refractivity contribution in [3.8, 4) is 0 Å². The van der Waals surface area contributed by atoms with Crippen molar-refractivity contribution in [2.75, 3.05) is 15.8 Å². The number of benzene rings is 3. The SMILES string of the molecule is O=C(CSc1nnc2c3ccccc3n(CCc3ccccc3)c2n1)Nc1ccc(S(=O)(=O)Nc2nccs2)cc1. The van der Waals surface area contributed by atoms with Crippen LogP contribution in [0.4, 0.5) is 10.8 Å². The van der Waals surface area contributed by atoms with Gasteiger partial charge in [-0.05, 0) is 42.3 Å². The van der Waals surface area contributed by atoms with E-state index in [0.717, 1.165) is 35.0 Å². The first-order valence-electron chi connectivity index (χ1n) is 12.6. The van der Waals surface area contributed by atoms with Crippen LogP contribution in [0.3, 0.4) is 0 Å². The minimum absolute atomic E-state index is 0.0586. The van der Waals surface area contributed by atoms with E-state index < -0.39 is 10.0 Å². The van der Waals surface area contributed by atoms with Crippen molar-refractivity contribution in [1.29, 1.82) is 0 Å². The predicted molar refractivity (Wildman–Crippen MR) is 162 cm³/mol. The molecule has 10 nitrogen and oxygen atoms in total. The van der Waals surface area contributed by atoms with Gasteiger partial charge in [-0.3, -0.25) is 9.52 Å². The van der Waals surface area contributed by atoms with Gasteiger partial charge in [0, 0.05) is 29.2 Å². The van der Waals surface area contributed by atoms with E-state index in [9.17, 15) is 13.2 Å². The molecule has 0 spiro atoms. The molecule has 0 bridgehead atoms. The Morgan fingerprint density at radius 3 is 2.51 bits per heavy atom. The summed E-state index contributed by atoms with van der Waals surface area (Å²) < 4.78 is 29.6. The summed E-state index contributed by atoms with van der Waals surface area (Å²) in [4.78, 5) is 21.4. The molecule has 0 saturated carbocycles. The molecular weight excluding hydrogens is 579 g/mol. The highest BCUT2D eigenvalue weighted by Crippen LogP contribution is 2.28. The summed E-state index contributed by atoms with van der Waals surface area (Å²) in [5.74, 6) is -0.219. The van der Waals surface area contributed by atoms with Crippen molar-refractivity contribution >= 4 is 71.9 Å². The third-order valence-corrected chi connectivity index (χ3v) is 9.27. The van der Waals surface area contributed by atoms with Gasteiger partial charge in [-0.1, -0.05) is 60.3 Å². The smallest absolute Gasteiger partial charge is 0.263 e. The lowest BCUT2D eigenvalue weighted by Gasteiger charge is -2.08. The van der Waals surface area contributed by atoms with E-state index in [4.69, 9.17) is 4.98 Å². The summed E-state index contributed by atoms with van der Waals surface area (Å²) in [5.41, 5.74) is 4.19. The van der Waals surface area contributed by atoms with Crippen molar-refractivity contribution in [3.63, 3.8) is 0 Å². The van der Waals surface area contributed by atoms with E-state index in [0.29, 0.717) is 10.8 Å².